The van der Waals surface area contributed by atoms with Crippen molar-refractivity contribution in [3.8, 4) is 16.9 Å². The first kappa shape index (κ1) is 23.6. The zero-order chi connectivity index (χ0) is 23.8. The molecule has 1 N–H and O–H groups in total. The van der Waals surface area contributed by atoms with Crippen molar-refractivity contribution in [1.29, 1.82) is 0 Å². The minimum atomic E-state index is -5.11. The van der Waals surface area contributed by atoms with Crippen molar-refractivity contribution in [2.24, 2.45) is 0 Å². The molecule has 2 aromatic carbocycles. The quantitative estimate of drug-likeness (QED) is 0.463. The molecule has 0 radical (unpaired) electrons. The molecule has 0 bridgehead atoms. The average Bonchev–Trinajstić information content (AvgIpc) is 3.19. The first-order chi connectivity index (χ1) is 14.9. The van der Waals surface area contributed by atoms with Crippen molar-refractivity contribution < 1.29 is 50.2 Å². The standard InChI is InChI=1S/C20H11F7O4S/c21-15-10(5-13(28)11-6-32-7-12(11)19(29)30)16(22)18(24)14(17(15)23)8-2-1-3-9(4-8)31-20(25,26)27/h1-4H,5-7H2,(H,29,30). The molecule has 0 spiro atoms. The number of halogens is 7. The molecule has 1 aliphatic rings. The molecule has 0 amide bonds. The van der Waals surface area contributed by atoms with Gasteiger partial charge in [-0.15, -0.1) is 13.2 Å². The van der Waals surface area contributed by atoms with Gasteiger partial charge in [-0.1, -0.05) is 12.1 Å². The van der Waals surface area contributed by atoms with Crippen LogP contribution in [-0.2, 0) is 16.0 Å². The molecule has 0 aliphatic carbocycles. The molecule has 3 rings (SSSR count). The van der Waals surface area contributed by atoms with E-state index in [1.165, 1.54) is 0 Å². The second-order valence-corrected chi connectivity index (χ2v) is 7.53. The van der Waals surface area contributed by atoms with E-state index in [1.807, 2.05) is 0 Å². The maximum Gasteiger partial charge on any atom is 0.573 e. The summed E-state index contributed by atoms with van der Waals surface area (Å²) in [4.78, 5) is 23.5. The van der Waals surface area contributed by atoms with Crippen molar-refractivity contribution in [3.05, 3.63) is 64.2 Å². The highest BCUT2D eigenvalue weighted by Crippen LogP contribution is 2.35. The van der Waals surface area contributed by atoms with Crippen LogP contribution in [0.4, 0.5) is 30.7 Å². The zero-order valence-corrected chi connectivity index (χ0v) is 16.5. The highest BCUT2D eigenvalue weighted by atomic mass is 32.2. The summed E-state index contributed by atoms with van der Waals surface area (Å²) in [5.41, 5.74) is -3.67. The van der Waals surface area contributed by atoms with Crippen molar-refractivity contribution in [3.63, 3.8) is 0 Å². The minimum absolute atomic E-state index is 0.0145. The monoisotopic (exact) mass is 480 g/mol. The topological polar surface area (TPSA) is 63.6 Å². The van der Waals surface area contributed by atoms with Crippen LogP contribution in [0.25, 0.3) is 11.1 Å². The maximum absolute atomic E-state index is 14.6. The number of ketones is 1. The Hall–Kier alpha value is -3.02. The Balaban J connectivity index is 2.03. The van der Waals surface area contributed by atoms with Crippen LogP contribution in [0.2, 0.25) is 0 Å². The van der Waals surface area contributed by atoms with Crippen LogP contribution >= 0.6 is 11.8 Å². The first-order valence-electron chi connectivity index (χ1n) is 8.68. The van der Waals surface area contributed by atoms with E-state index in [1.54, 1.807) is 0 Å². The summed E-state index contributed by atoms with van der Waals surface area (Å²) in [6.45, 7) is 0. The van der Waals surface area contributed by atoms with E-state index in [9.17, 15) is 40.3 Å². The predicted octanol–water partition coefficient (Wildman–Crippen LogP) is 5.05. The normalized spacial score (nSPS) is 14.1. The van der Waals surface area contributed by atoms with Crippen LogP contribution in [0.1, 0.15) is 5.56 Å². The van der Waals surface area contributed by atoms with Gasteiger partial charge in [0.05, 0.1) is 11.1 Å². The molecule has 2 aromatic rings. The number of rotatable bonds is 6. The van der Waals surface area contributed by atoms with Gasteiger partial charge in [-0.25, -0.2) is 22.4 Å². The van der Waals surface area contributed by atoms with E-state index < -0.39 is 70.2 Å². The highest BCUT2D eigenvalue weighted by Gasteiger charge is 2.33. The Morgan fingerprint density at radius 1 is 0.969 bits per heavy atom. The molecule has 12 heteroatoms. The number of hydrogen-bond donors (Lipinski definition) is 1. The van der Waals surface area contributed by atoms with E-state index in [0.29, 0.717) is 6.07 Å². The van der Waals surface area contributed by atoms with E-state index in [4.69, 9.17) is 5.11 Å². The maximum atomic E-state index is 14.6. The molecule has 1 heterocycles. The lowest BCUT2D eigenvalue weighted by atomic mass is 9.96. The van der Waals surface area contributed by atoms with Gasteiger partial charge >= 0.3 is 12.3 Å². The van der Waals surface area contributed by atoms with Crippen LogP contribution in [-0.4, -0.2) is 34.7 Å². The van der Waals surface area contributed by atoms with Crippen molar-refractivity contribution in [2.45, 2.75) is 12.8 Å². The van der Waals surface area contributed by atoms with Crippen molar-refractivity contribution >= 4 is 23.5 Å². The fourth-order valence-corrected chi connectivity index (χ4v) is 4.21. The summed E-state index contributed by atoms with van der Waals surface area (Å²) < 4.78 is 99.2. The molecule has 0 saturated carbocycles. The van der Waals surface area contributed by atoms with Crippen LogP contribution < -0.4 is 4.74 Å². The molecule has 32 heavy (non-hydrogen) atoms. The third-order valence-electron chi connectivity index (χ3n) is 4.50. The fourth-order valence-electron chi connectivity index (χ4n) is 3.07. The van der Waals surface area contributed by atoms with Gasteiger partial charge in [0.15, 0.2) is 29.1 Å². The second-order valence-electron chi connectivity index (χ2n) is 6.54. The van der Waals surface area contributed by atoms with Crippen LogP contribution in [0.15, 0.2) is 35.4 Å². The van der Waals surface area contributed by atoms with Crippen LogP contribution in [0.5, 0.6) is 5.75 Å². The molecule has 0 unspecified atom stereocenters. The van der Waals surface area contributed by atoms with E-state index in [0.717, 1.165) is 30.0 Å². The largest absolute Gasteiger partial charge is 0.573 e. The third kappa shape index (κ3) is 4.74. The molecule has 0 fully saturated rings. The number of thioether (sulfide) groups is 1. The van der Waals surface area contributed by atoms with Crippen molar-refractivity contribution in [2.75, 3.05) is 11.5 Å². The summed E-state index contributed by atoms with van der Waals surface area (Å²) in [6.07, 6.45) is -6.26. The molecule has 0 saturated heterocycles. The molecule has 170 valence electrons. The van der Waals surface area contributed by atoms with Gasteiger partial charge in [0.2, 0.25) is 0 Å². The third-order valence-corrected chi connectivity index (χ3v) is 5.49. The van der Waals surface area contributed by atoms with Crippen LogP contribution in [0.3, 0.4) is 0 Å². The van der Waals surface area contributed by atoms with Gasteiger partial charge in [-0.3, -0.25) is 4.79 Å². The highest BCUT2D eigenvalue weighted by molar-refractivity contribution is 8.00. The van der Waals surface area contributed by atoms with E-state index in [2.05, 4.69) is 4.74 Å². The number of carbonyl (C=O) groups excluding carboxylic acids is 1. The molecular formula is C20H11F7O4S. The second kappa shape index (κ2) is 8.85. The Morgan fingerprint density at radius 2 is 1.56 bits per heavy atom. The lowest BCUT2D eigenvalue weighted by molar-refractivity contribution is -0.274. The zero-order valence-electron chi connectivity index (χ0n) is 15.7. The summed E-state index contributed by atoms with van der Waals surface area (Å²) in [5.74, 6) is -11.0. The molecule has 1 aliphatic heterocycles. The number of carbonyl (C=O) groups is 2. The molecular weight excluding hydrogens is 469 g/mol. The summed E-state index contributed by atoms with van der Waals surface area (Å²) >= 11 is 1.07. The van der Waals surface area contributed by atoms with Gasteiger partial charge in [-0.05, 0) is 17.7 Å². The van der Waals surface area contributed by atoms with Gasteiger partial charge in [-0.2, -0.15) is 11.8 Å². The summed E-state index contributed by atoms with van der Waals surface area (Å²) in [7, 11) is 0. The van der Waals surface area contributed by atoms with Gasteiger partial charge in [0.25, 0.3) is 0 Å². The van der Waals surface area contributed by atoms with Crippen molar-refractivity contribution in [1.82, 2.24) is 0 Å². The smallest absolute Gasteiger partial charge is 0.478 e. The number of hydrogen-bond acceptors (Lipinski definition) is 4. The Morgan fingerprint density at radius 3 is 2.12 bits per heavy atom. The first-order valence-corrected chi connectivity index (χ1v) is 9.83. The van der Waals surface area contributed by atoms with Gasteiger partial charge in [0.1, 0.15) is 5.75 Å². The lowest BCUT2D eigenvalue weighted by Crippen LogP contribution is -2.17. The van der Waals surface area contributed by atoms with Crippen LogP contribution in [0, 0.1) is 23.3 Å². The molecule has 0 aromatic heterocycles. The minimum Gasteiger partial charge on any atom is -0.478 e. The Kier molecular flexibility index (Phi) is 6.54. The molecule has 4 nitrogen and oxygen atoms in total. The SMILES string of the molecule is O=C(O)C1=C(C(=O)Cc2c(F)c(F)c(-c3cccc(OC(F)(F)F)c3)c(F)c2F)CSC1. The summed E-state index contributed by atoms with van der Waals surface area (Å²) in [5, 5.41) is 9.08. The number of aliphatic carboxylic acids is 1. The predicted molar refractivity (Wildman–Crippen MR) is 99.1 cm³/mol. The van der Waals surface area contributed by atoms with Gasteiger partial charge < -0.3 is 9.84 Å². The summed E-state index contributed by atoms with van der Waals surface area (Å²) in [6, 6.07) is 3.20. The number of ether oxygens (including phenoxy) is 1. The fraction of sp³-hybridized carbons (Fsp3) is 0.200. The van der Waals surface area contributed by atoms with E-state index in [-0.39, 0.29) is 22.7 Å². The number of benzene rings is 2. The molecule has 0 atom stereocenters. The number of alkyl halides is 3. The Labute approximate surface area is 179 Å². The number of carboxylic acids is 1. The number of Topliss-reactive ketones (excluding diaryl/α,β-unsaturated/α-hetero) is 1. The van der Waals surface area contributed by atoms with E-state index >= 15 is 0 Å². The van der Waals surface area contributed by atoms with Gasteiger partial charge in [0, 0.05) is 29.1 Å². The Bertz CT molecular complexity index is 1110. The lowest BCUT2D eigenvalue weighted by Gasteiger charge is -2.14. The number of carboxylic acid groups (broad SMARTS) is 1. The average molecular weight is 480 g/mol.